The second-order valence-electron chi connectivity index (χ2n) is 7.10. The molecule has 0 N–H and O–H groups in total. The van der Waals surface area contributed by atoms with Gasteiger partial charge in [0.25, 0.3) is 0 Å². The van der Waals surface area contributed by atoms with Crippen molar-refractivity contribution in [2.45, 2.75) is 18.8 Å². The summed E-state index contributed by atoms with van der Waals surface area (Å²) in [4.78, 5) is 15.6. The number of methoxy groups -OCH3 is 1. The van der Waals surface area contributed by atoms with Crippen LogP contribution in [-0.4, -0.2) is 55.7 Å². The predicted molar refractivity (Wildman–Crippen MR) is 104 cm³/mol. The zero-order valence-electron chi connectivity index (χ0n) is 16.1. The number of ether oxygens (including phenoxy) is 1. The van der Waals surface area contributed by atoms with E-state index >= 15 is 0 Å². The second kappa shape index (κ2) is 9.64. The van der Waals surface area contributed by atoms with Gasteiger partial charge in [0, 0.05) is 32.1 Å². The van der Waals surface area contributed by atoms with E-state index in [4.69, 9.17) is 4.74 Å². The molecule has 0 aliphatic carbocycles. The van der Waals surface area contributed by atoms with Crippen molar-refractivity contribution < 1.29 is 18.3 Å². The van der Waals surface area contributed by atoms with Crippen molar-refractivity contribution in [3.63, 3.8) is 0 Å². The highest BCUT2D eigenvalue weighted by Crippen LogP contribution is 2.30. The van der Waals surface area contributed by atoms with Gasteiger partial charge in [0.05, 0.1) is 7.11 Å². The number of carbonyl (C=O) groups is 1. The summed E-state index contributed by atoms with van der Waals surface area (Å²) in [5.41, 5.74) is 2.06. The molecule has 0 aromatic heterocycles. The maximum absolute atomic E-state index is 13.3. The molecule has 2 aromatic carbocycles. The average molecular weight is 388 g/mol. The average Bonchev–Trinajstić information content (AvgIpc) is 2.73. The Hall–Kier alpha value is -2.47. The first-order valence-corrected chi connectivity index (χ1v) is 9.63. The smallest absolute Gasteiger partial charge is 0.409 e. The number of piperazine rings is 1. The molecule has 2 aromatic rings. The first-order valence-electron chi connectivity index (χ1n) is 9.63. The normalized spacial score (nSPS) is 15.1. The summed E-state index contributed by atoms with van der Waals surface area (Å²) >= 11 is 0. The lowest BCUT2D eigenvalue weighted by Crippen LogP contribution is -2.48. The van der Waals surface area contributed by atoms with E-state index in [1.807, 2.05) is 0 Å². The highest BCUT2D eigenvalue weighted by atomic mass is 19.1. The maximum Gasteiger partial charge on any atom is 0.409 e. The molecule has 6 heteroatoms. The van der Waals surface area contributed by atoms with Crippen LogP contribution in [0.2, 0.25) is 0 Å². The van der Waals surface area contributed by atoms with Crippen LogP contribution in [0, 0.1) is 11.6 Å². The fourth-order valence-corrected chi connectivity index (χ4v) is 3.72. The van der Waals surface area contributed by atoms with E-state index in [1.54, 1.807) is 29.2 Å². The van der Waals surface area contributed by atoms with Crippen LogP contribution in [0.15, 0.2) is 48.5 Å². The summed E-state index contributed by atoms with van der Waals surface area (Å²) in [6.07, 6.45) is 1.57. The molecule has 0 radical (unpaired) electrons. The van der Waals surface area contributed by atoms with E-state index in [0.717, 1.165) is 43.6 Å². The van der Waals surface area contributed by atoms with Crippen LogP contribution in [-0.2, 0) is 4.74 Å². The van der Waals surface area contributed by atoms with Crippen LogP contribution in [0.1, 0.15) is 29.9 Å². The minimum absolute atomic E-state index is 0.0950. The molecular formula is C22H26F2N2O2. The van der Waals surface area contributed by atoms with Crippen molar-refractivity contribution in [2.24, 2.45) is 0 Å². The number of hydrogen-bond acceptors (Lipinski definition) is 3. The number of rotatable bonds is 6. The molecule has 1 saturated heterocycles. The van der Waals surface area contributed by atoms with Crippen LogP contribution in [0.5, 0.6) is 0 Å². The molecule has 0 atom stereocenters. The Kier molecular flexibility index (Phi) is 6.98. The molecule has 3 rings (SSSR count). The minimum Gasteiger partial charge on any atom is -0.453 e. The van der Waals surface area contributed by atoms with Gasteiger partial charge in [-0.1, -0.05) is 24.3 Å². The first kappa shape index (κ1) is 20.3. The number of benzene rings is 2. The van der Waals surface area contributed by atoms with Crippen LogP contribution < -0.4 is 0 Å². The van der Waals surface area contributed by atoms with Gasteiger partial charge in [0.2, 0.25) is 0 Å². The van der Waals surface area contributed by atoms with E-state index in [1.165, 1.54) is 31.4 Å². The Morgan fingerprint density at radius 3 is 1.89 bits per heavy atom. The van der Waals surface area contributed by atoms with E-state index in [0.29, 0.717) is 13.1 Å². The van der Waals surface area contributed by atoms with Gasteiger partial charge in [-0.2, -0.15) is 0 Å². The van der Waals surface area contributed by atoms with Gasteiger partial charge in [-0.05, 0) is 54.8 Å². The summed E-state index contributed by atoms with van der Waals surface area (Å²) in [7, 11) is 1.40. The summed E-state index contributed by atoms with van der Waals surface area (Å²) in [5.74, 6) is -0.423. The Morgan fingerprint density at radius 1 is 0.929 bits per heavy atom. The molecular weight excluding hydrogens is 362 g/mol. The minimum atomic E-state index is -0.271. The van der Waals surface area contributed by atoms with Crippen LogP contribution in [0.4, 0.5) is 13.6 Å². The zero-order valence-corrected chi connectivity index (χ0v) is 16.1. The lowest BCUT2D eigenvalue weighted by molar-refractivity contribution is 0.0904. The summed E-state index contributed by atoms with van der Waals surface area (Å²) < 4.78 is 31.4. The molecule has 1 aliphatic rings. The molecule has 28 heavy (non-hydrogen) atoms. The largest absolute Gasteiger partial charge is 0.453 e. The topological polar surface area (TPSA) is 32.8 Å². The molecule has 1 heterocycles. The summed E-state index contributed by atoms with van der Waals surface area (Å²) in [5, 5.41) is 0. The molecule has 4 nitrogen and oxygen atoms in total. The van der Waals surface area contributed by atoms with Crippen LogP contribution in [0.25, 0.3) is 0 Å². The van der Waals surface area contributed by atoms with Crippen molar-refractivity contribution >= 4 is 6.09 Å². The monoisotopic (exact) mass is 388 g/mol. The van der Waals surface area contributed by atoms with Crippen LogP contribution >= 0.6 is 0 Å². The Bertz CT molecular complexity index is 712. The maximum atomic E-state index is 13.3. The van der Waals surface area contributed by atoms with Crippen LogP contribution in [0.3, 0.4) is 0 Å². The standard InChI is InChI=1S/C22H26F2N2O2/c1-28-22(27)26-15-13-25(14-16-26)12-2-3-21(17-4-8-19(23)9-5-17)18-6-10-20(24)11-7-18/h4-11,21H,2-3,12-16H2,1H3. The molecule has 1 aliphatic heterocycles. The van der Waals surface area contributed by atoms with Gasteiger partial charge in [-0.25, -0.2) is 13.6 Å². The van der Waals surface area contributed by atoms with Gasteiger partial charge in [-0.15, -0.1) is 0 Å². The predicted octanol–water partition coefficient (Wildman–Crippen LogP) is 4.26. The Balaban J connectivity index is 1.59. The Morgan fingerprint density at radius 2 is 1.43 bits per heavy atom. The van der Waals surface area contributed by atoms with Gasteiger partial charge >= 0.3 is 6.09 Å². The zero-order chi connectivity index (χ0) is 19.9. The molecule has 0 bridgehead atoms. The van der Waals surface area contributed by atoms with Crippen molar-refractivity contribution in [1.82, 2.24) is 9.80 Å². The van der Waals surface area contributed by atoms with Gasteiger partial charge < -0.3 is 9.64 Å². The Labute approximate surface area is 164 Å². The van der Waals surface area contributed by atoms with Crippen molar-refractivity contribution in [3.05, 3.63) is 71.3 Å². The lowest BCUT2D eigenvalue weighted by Gasteiger charge is -2.34. The highest BCUT2D eigenvalue weighted by Gasteiger charge is 2.22. The van der Waals surface area contributed by atoms with Crippen molar-refractivity contribution in [1.29, 1.82) is 0 Å². The van der Waals surface area contributed by atoms with E-state index in [9.17, 15) is 13.6 Å². The second-order valence-corrected chi connectivity index (χ2v) is 7.10. The third-order valence-corrected chi connectivity index (χ3v) is 5.32. The quantitative estimate of drug-likeness (QED) is 0.741. The van der Waals surface area contributed by atoms with E-state index in [2.05, 4.69) is 4.90 Å². The number of nitrogens with zero attached hydrogens (tertiary/aromatic N) is 2. The molecule has 1 fully saturated rings. The van der Waals surface area contributed by atoms with Crippen molar-refractivity contribution in [2.75, 3.05) is 39.8 Å². The van der Waals surface area contributed by atoms with E-state index in [-0.39, 0.29) is 23.6 Å². The molecule has 150 valence electrons. The summed E-state index contributed by atoms with van der Waals surface area (Å²) in [6, 6.07) is 13.1. The third-order valence-electron chi connectivity index (χ3n) is 5.32. The van der Waals surface area contributed by atoms with E-state index < -0.39 is 0 Å². The van der Waals surface area contributed by atoms with Gasteiger partial charge in [0.15, 0.2) is 0 Å². The first-order chi connectivity index (χ1) is 13.6. The lowest BCUT2D eigenvalue weighted by atomic mass is 9.87. The molecule has 0 unspecified atom stereocenters. The number of carbonyl (C=O) groups excluding carboxylic acids is 1. The number of halogens is 2. The van der Waals surface area contributed by atoms with Crippen molar-refractivity contribution in [3.8, 4) is 0 Å². The third kappa shape index (κ3) is 5.29. The summed E-state index contributed by atoms with van der Waals surface area (Å²) in [6.45, 7) is 3.92. The van der Waals surface area contributed by atoms with Gasteiger partial charge in [0.1, 0.15) is 11.6 Å². The number of hydrogen-bond donors (Lipinski definition) is 0. The SMILES string of the molecule is COC(=O)N1CCN(CCCC(c2ccc(F)cc2)c2ccc(F)cc2)CC1. The molecule has 1 amide bonds. The fourth-order valence-electron chi connectivity index (χ4n) is 3.72. The molecule has 0 spiro atoms. The fraction of sp³-hybridized carbons (Fsp3) is 0.409. The molecule has 0 saturated carbocycles. The highest BCUT2D eigenvalue weighted by molar-refractivity contribution is 5.67. The van der Waals surface area contributed by atoms with Gasteiger partial charge in [-0.3, -0.25) is 4.90 Å². The number of amides is 1.